The second kappa shape index (κ2) is 7.27. The van der Waals surface area contributed by atoms with Crippen LogP contribution in [0.5, 0.6) is 0 Å². The molecule has 4 heteroatoms. The fourth-order valence-electron chi connectivity index (χ4n) is 1.27. The van der Waals surface area contributed by atoms with Crippen LogP contribution in [-0.2, 0) is 4.79 Å². The number of nitrogens with one attached hydrogen (secondary N) is 1. The van der Waals surface area contributed by atoms with Crippen LogP contribution in [0.3, 0.4) is 0 Å². The van der Waals surface area contributed by atoms with Crippen LogP contribution in [0.1, 0.15) is 24.8 Å². The third-order valence-corrected chi connectivity index (χ3v) is 3.97. The summed E-state index contributed by atoms with van der Waals surface area (Å²) in [6.45, 7) is 2.06. The van der Waals surface area contributed by atoms with Crippen molar-refractivity contribution in [3.05, 3.63) is 27.3 Å². The van der Waals surface area contributed by atoms with Gasteiger partial charge in [-0.25, -0.2) is 0 Å². The van der Waals surface area contributed by atoms with Gasteiger partial charge < -0.3 is 5.32 Å². The van der Waals surface area contributed by atoms with Gasteiger partial charge in [-0.05, 0) is 60.1 Å². The van der Waals surface area contributed by atoms with Crippen LogP contribution in [0.2, 0.25) is 0 Å². The van der Waals surface area contributed by atoms with Crippen molar-refractivity contribution in [2.75, 3.05) is 10.6 Å². The molecule has 0 radical (unpaired) electrons. The fraction of sp³-hybridized carbons (Fsp3) is 0.417. The van der Waals surface area contributed by atoms with Gasteiger partial charge in [0.15, 0.2) is 0 Å². The lowest BCUT2D eigenvalue weighted by atomic mass is 10.2. The maximum Gasteiger partial charge on any atom is 0.224 e. The molecular formula is C12H15BrINO. The molecule has 1 rings (SSSR count). The van der Waals surface area contributed by atoms with E-state index in [0.29, 0.717) is 6.42 Å². The maximum atomic E-state index is 11.6. The van der Waals surface area contributed by atoms with E-state index < -0.39 is 0 Å². The number of carbonyl (C=O) groups excluding carboxylic acids is 1. The number of benzene rings is 1. The molecule has 0 aromatic heterocycles. The van der Waals surface area contributed by atoms with E-state index in [1.165, 1.54) is 9.13 Å². The van der Waals surface area contributed by atoms with Crippen molar-refractivity contribution < 1.29 is 4.79 Å². The van der Waals surface area contributed by atoms with E-state index in [0.717, 1.165) is 23.9 Å². The van der Waals surface area contributed by atoms with Crippen LogP contribution in [0, 0.1) is 10.5 Å². The van der Waals surface area contributed by atoms with Crippen molar-refractivity contribution in [2.24, 2.45) is 0 Å². The minimum atomic E-state index is 0.0978. The Morgan fingerprint density at radius 1 is 1.44 bits per heavy atom. The number of halogens is 2. The number of alkyl halides is 1. The number of anilines is 1. The minimum Gasteiger partial charge on any atom is -0.326 e. The minimum absolute atomic E-state index is 0.0978. The largest absolute Gasteiger partial charge is 0.326 e. The van der Waals surface area contributed by atoms with Gasteiger partial charge in [0.05, 0.1) is 0 Å². The number of aryl methyl sites for hydroxylation is 1. The molecule has 0 fully saturated rings. The van der Waals surface area contributed by atoms with E-state index in [1.807, 2.05) is 18.2 Å². The summed E-state index contributed by atoms with van der Waals surface area (Å²) in [5.74, 6) is 0.0978. The van der Waals surface area contributed by atoms with Crippen LogP contribution in [0.25, 0.3) is 0 Å². The Hall–Kier alpha value is -0.100. The zero-order valence-electron chi connectivity index (χ0n) is 9.22. The summed E-state index contributed by atoms with van der Waals surface area (Å²) >= 11 is 5.63. The molecule has 1 aromatic rings. The Bertz CT molecular complexity index is 368. The molecular weight excluding hydrogens is 381 g/mol. The Morgan fingerprint density at radius 3 is 2.81 bits per heavy atom. The van der Waals surface area contributed by atoms with Gasteiger partial charge in [0.25, 0.3) is 0 Å². The molecule has 0 spiro atoms. The lowest BCUT2D eigenvalue weighted by molar-refractivity contribution is -0.116. The van der Waals surface area contributed by atoms with Gasteiger partial charge in [-0.15, -0.1) is 0 Å². The van der Waals surface area contributed by atoms with E-state index >= 15 is 0 Å². The number of amides is 1. The van der Waals surface area contributed by atoms with Gasteiger partial charge in [0.2, 0.25) is 5.91 Å². The first-order valence-corrected chi connectivity index (χ1v) is 7.45. The van der Waals surface area contributed by atoms with Gasteiger partial charge in [-0.3, -0.25) is 4.79 Å². The van der Waals surface area contributed by atoms with E-state index in [2.05, 4.69) is 50.8 Å². The van der Waals surface area contributed by atoms with Crippen molar-refractivity contribution >= 4 is 50.1 Å². The van der Waals surface area contributed by atoms with Gasteiger partial charge in [-0.1, -0.05) is 22.0 Å². The smallest absolute Gasteiger partial charge is 0.224 e. The lowest BCUT2D eigenvalue weighted by Gasteiger charge is -2.06. The maximum absolute atomic E-state index is 11.6. The van der Waals surface area contributed by atoms with Crippen LogP contribution in [0.4, 0.5) is 5.69 Å². The molecule has 2 nitrogen and oxygen atoms in total. The summed E-state index contributed by atoms with van der Waals surface area (Å²) in [4.78, 5) is 11.6. The molecule has 0 bridgehead atoms. The molecule has 0 saturated heterocycles. The van der Waals surface area contributed by atoms with E-state index in [1.54, 1.807) is 0 Å². The third-order valence-electron chi connectivity index (χ3n) is 2.24. The summed E-state index contributed by atoms with van der Waals surface area (Å²) in [5, 5.41) is 3.87. The van der Waals surface area contributed by atoms with Gasteiger partial charge >= 0.3 is 0 Å². The monoisotopic (exact) mass is 395 g/mol. The average Bonchev–Trinajstić information content (AvgIpc) is 2.24. The second-order valence-corrected chi connectivity index (χ2v) is 5.61. The van der Waals surface area contributed by atoms with Crippen molar-refractivity contribution in [2.45, 2.75) is 26.2 Å². The first-order valence-electron chi connectivity index (χ1n) is 5.25. The summed E-state index contributed by atoms with van der Waals surface area (Å²) in [6, 6.07) is 5.97. The van der Waals surface area contributed by atoms with Crippen molar-refractivity contribution in [1.29, 1.82) is 0 Å². The van der Waals surface area contributed by atoms with Crippen LogP contribution in [-0.4, -0.2) is 11.2 Å². The molecule has 0 saturated carbocycles. The number of unbranched alkanes of at least 4 members (excludes halogenated alkanes) is 1. The highest BCUT2D eigenvalue weighted by molar-refractivity contribution is 14.1. The zero-order chi connectivity index (χ0) is 12.0. The fourth-order valence-corrected chi connectivity index (χ4v) is 2.19. The predicted octanol–water partition coefficient (Wildman–Crippen LogP) is 4.10. The van der Waals surface area contributed by atoms with E-state index in [-0.39, 0.29) is 5.91 Å². The molecule has 0 aliphatic heterocycles. The highest BCUT2D eigenvalue weighted by Gasteiger charge is 2.03. The molecule has 0 aliphatic rings. The number of hydrogen-bond donors (Lipinski definition) is 1. The van der Waals surface area contributed by atoms with Crippen LogP contribution >= 0.6 is 38.5 Å². The molecule has 0 atom stereocenters. The molecule has 0 unspecified atom stereocenters. The highest BCUT2D eigenvalue weighted by atomic mass is 127. The number of carbonyl (C=O) groups is 1. The van der Waals surface area contributed by atoms with Gasteiger partial charge in [0, 0.05) is 21.0 Å². The quantitative estimate of drug-likeness (QED) is 0.453. The Morgan fingerprint density at radius 2 is 2.19 bits per heavy atom. The molecule has 1 N–H and O–H groups in total. The molecule has 0 heterocycles. The second-order valence-electron chi connectivity index (χ2n) is 3.66. The molecule has 1 amide bonds. The third kappa shape index (κ3) is 4.82. The summed E-state index contributed by atoms with van der Waals surface area (Å²) in [6.07, 6.45) is 2.56. The van der Waals surface area contributed by atoms with Crippen molar-refractivity contribution in [3.8, 4) is 0 Å². The summed E-state index contributed by atoms with van der Waals surface area (Å²) in [7, 11) is 0. The first kappa shape index (κ1) is 14.0. The summed E-state index contributed by atoms with van der Waals surface area (Å²) in [5.41, 5.74) is 2.12. The van der Waals surface area contributed by atoms with Crippen LogP contribution < -0.4 is 5.32 Å². The lowest BCUT2D eigenvalue weighted by Crippen LogP contribution is -2.11. The Labute approximate surface area is 118 Å². The molecule has 1 aromatic carbocycles. The predicted molar refractivity (Wildman–Crippen MR) is 80.2 cm³/mol. The highest BCUT2D eigenvalue weighted by Crippen LogP contribution is 2.17. The summed E-state index contributed by atoms with van der Waals surface area (Å²) < 4.78 is 1.18. The first-order chi connectivity index (χ1) is 7.63. The zero-order valence-corrected chi connectivity index (χ0v) is 13.0. The molecule has 0 aliphatic carbocycles. The Kier molecular flexibility index (Phi) is 6.34. The molecule has 88 valence electrons. The average molecular weight is 396 g/mol. The van der Waals surface area contributed by atoms with Crippen molar-refractivity contribution in [1.82, 2.24) is 0 Å². The Balaban J connectivity index is 2.46. The SMILES string of the molecule is Cc1ccc(NC(=O)CCCCBr)cc1I. The van der Waals surface area contributed by atoms with E-state index in [9.17, 15) is 4.79 Å². The topological polar surface area (TPSA) is 29.1 Å². The number of rotatable bonds is 5. The molecule has 16 heavy (non-hydrogen) atoms. The van der Waals surface area contributed by atoms with Crippen molar-refractivity contribution in [3.63, 3.8) is 0 Å². The van der Waals surface area contributed by atoms with Gasteiger partial charge in [-0.2, -0.15) is 0 Å². The van der Waals surface area contributed by atoms with Gasteiger partial charge in [0.1, 0.15) is 0 Å². The number of hydrogen-bond acceptors (Lipinski definition) is 1. The van der Waals surface area contributed by atoms with E-state index in [4.69, 9.17) is 0 Å². The normalized spacial score (nSPS) is 10.2. The van der Waals surface area contributed by atoms with Crippen LogP contribution in [0.15, 0.2) is 18.2 Å². The standard InChI is InChI=1S/C12H15BrINO/c1-9-5-6-10(8-11(9)14)15-12(16)4-2-3-7-13/h5-6,8H,2-4,7H2,1H3,(H,15,16).